The Morgan fingerprint density at radius 1 is 1.39 bits per heavy atom. The molecule has 3 N–H and O–H groups in total. The van der Waals surface area contributed by atoms with Crippen LogP contribution in [0.1, 0.15) is 47.6 Å². The van der Waals surface area contributed by atoms with Gasteiger partial charge in [-0.15, -0.1) is 0 Å². The van der Waals surface area contributed by atoms with E-state index in [0.717, 1.165) is 31.5 Å². The molecule has 1 aromatic carbocycles. The van der Waals surface area contributed by atoms with E-state index in [1.54, 1.807) is 4.90 Å². The zero-order chi connectivity index (χ0) is 21.9. The molecule has 160 valence electrons. The number of pyridine rings is 1. The number of benzene rings is 1. The summed E-state index contributed by atoms with van der Waals surface area (Å²) < 4.78 is 30.7. The molecule has 0 radical (unpaired) electrons. The first-order valence-electron chi connectivity index (χ1n) is 10.4. The Morgan fingerprint density at radius 2 is 2.13 bits per heavy atom. The lowest BCUT2D eigenvalue weighted by molar-refractivity contribution is 0.0694. The lowest BCUT2D eigenvalue weighted by atomic mass is 9.86. The number of hydrogen-bond acceptors (Lipinski definition) is 5. The van der Waals surface area contributed by atoms with E-state index in [-0.39, 0.29) is 34.0 Å². The van der Waals surface area contributed by atoms with Gasteiger partial charge in [-0.05, 0) is 31.2 Å². The molecule has 3 aliphatic carbocycles. The average Bonchev–Trinajstić information content (AvgIpc) is 3.56. The molecule has 6 rings (SSSR count). The van der Waals surface area contributed by atoms with Gasteiger partial charge in [0.2, 0.25) is 5.43 Å². The highest BCUT2D eigenvalue weighted by atomic mass is 19.1. The van der Waals surface area contributed by atoms with Gasteiger partial charge in [0.05, 0.1) is 22.6 Å². The number of nitrogens with zero attached hydrogens (tertiary/aromatic N) is 3. The Bertz CT molecular complexity index is 1290. The third-order valence-corrected chi connectivity index (χ3v) is 8.05. The van der Waals surface area contributed by atoms with Crippen LogP contribution < -0.4 is 16.1 Å². The number of carboxylic acids is 1. The van der Waals surface area contributed by atoms with Gasteiger partial charge in [-0.1, -0.05) is 0 Å². The van der Waals surface area contributed by atoms with Gasteiger partial charge in [0.15, 0.2) is 0 Å². The predicted molar refractivity (Wildman–Crippen MR) is 107 cm³/mol. The summed E-state index contributed by atoms with van der Waals surface area (Å²) in [5.74, 6) is -1.72. The van der Waals surface area contributed by atoms with Crippen LogP contribution >= 0.6 is 0 Å². The first-order chi connectivity index (χ1) is 14.7. The molecule has 31 heavy (non-hydrogen) atoms. The highest BCUT2D eigenvalue weighted by molar-refractivity contribution is 5.96. The van der Waals surface area contributed by atoms with E-state index in [4.69, 9.17) is 5.73 Å². The van der Waals surface area contributed by atoms with Gasteiger partial charge in [0, 0.05) is 36.7 Å². The standard InChI is InChI=1S/C22H20F2N4O3/c23-14-4-16(14)28-7-13(20(30)31)19(29)11-3-15(24)18(12(6-25)17(11)28)27-8-21-5-10(21)1-2-22(21,26)9-27/h3,7,10,14,16H,1-2,4-5,8-9,26H2,(H,30,31)/t10?,14-,16+,21?,22?/m0/s1. The quantitative estimate of drug-likeness (QED) is 0.779. The minimum atomic E-state index is -1.48. The highest BCUT2D eigenvalue weighted by Crippen LogP contribution is 2.70. The molecule has 1 aliphatic heterocycles. The van der Waals surface area contributed by atoms with Crippen molar-refractivity contribution in [2.24, 2.45) is 17.1 Å². The average molecular weight is 426 g/mol. The molecule has 0 bridgehead atoms. The smallest absolute Gasteiger partial charge is 0.341 e. The summed E-state index contributed by atoms with van der Waals surface area (Å²) in [5, 5.41) is 19.2. The lowest BCUT2D eigenvalue weighted by Crippen LogP contribution is -2.47. The minimum absolute atomic E-state index is 0.0610. The molecule has 1 saturated heterocycles. The fraction of sp³-hybridized carbons (Fsp3) is 0.500. The van der Waals surface area contributed by atoms with Crippen LogP contribution in [0.3, 0.4) is 0 Å². The topological polar surface area (TPSA) is 112 Å². The molecule has 4 fully saturated rings. The van der Waals surface area contributed by atoms with Crippen molar-refractivity contribution >= 4 is 22.6 Å². The number of alkyl halides is 1. The maximum absolute atomic E-state index is 15.4. The number of nitriles is 1. The van der Waals surface area contributed by atoms with E-state index in [1.165, 1.54) is 4.57 Å². The van der Waals surface area contributed by atoms with E-state index in [2.05, 4.69) is 0 Å². The van der Waals surface area contributed by atoms with Crippen molar-refractivity contribution in [2.45, 2.75) is 43.4 Å². The van der Waals surface area contributed by atoms with E-state index in [1.807, 2.05) is 6.07 Å². The number of nitrogens with two attached hydrogens (primary N) is 1. The van der Waals surface area contributed by atoms with E-state index in [9.17, 15) is 24.3 Å². The lowest BCUT2D eigenvalue weighted by Gasteiger charge is -2.27. The molecule has 7 nitrogen and oxygen atoms in total. The fourth-order valence-electron chi connectivity index (χ4n) is 6.28. The number of aromatic carboxylic acids is 1. The van der Waals surface area contributed by atoms with Crippen molar-refractivity contribution in [1.82, 2.24) is 4.57 Å². The van der Waals surface area contributed by atoms with Gasteiger partial charge < -0.3 is 20.3 Å². The summed E-state index contributed by atoms with van der Waals surface area (Å²) in [6.07, 6.45) is 2.93. The van der Waals surface area contributed by atoms with Crippen LogP contribution in [0.15, 0.2) is 17.1 Å². The van der Waals surface area contributed by atoms with Crippen molar-refractivity contribution in [3.8, 4) is 6.07 Å². The van der Waals surface area contributed by atoms with Crippen LogP contribution in [-0.2, 0) is 0 Å². The van der Waals surface area contributed by atoms with Gasteiger partial charge in [0.25, 0.3) is 0 Å². The van der Waals surface area contributed by atoms with Crippen LogP contribution in [0.25, 0.3) is 10.9 Å². The van der Waals surface area contributed by atoms with E-state index >= 15 is 4.39 Å². The summed E-state index contributed by atoms with van der Waals surface area (Å²) in [6.45, 7) is 0.949. The van der Waals surface area contributed by atoms with E-state index < -0.39 is 40.5 Å². The summed E-state index contributed by atoms with van der Waals surface area (Å²) in [5.41, 5.74) is 4.83. The van der Waals surface area contributed by atoms with Crippen molar-refractivity contribution in [3.05, 3.63) is 39.4 Å². The molecule has 2 aromatic rings. The highest BCUT2D eigenvalue weighted by Gasteiger charge is 2.72. The number of halogens is 2. The summed E-state index contributed by atoms with van der Waals surface area (Å²) in [4.78, 5) is 26.1. The molecule has 1 aromatic heterocycles. The van der Waals surface area contributed by atoms with Crippen LogP contribution in [0.2, 0.25) is 0 Å². The summed E-state index contributed by atoms with van der Waals surface area (Å²) in [7, 11) is 0. The second-order valence-corrected chi connectivity index (χ2v) is 9.60. The molecule has 9 heteroatoms. The summed E-state index contributed by atoms with van der Waals surface area (Å²) in [6, 6.07) is 2.33. The maximum Gasteiger partial charge on any atom is 0.341 e. The Balaban J connectivity index is 1.60. The Labute approximate surface area is 175 Å². The molecular weight excluding hydrogens is 406 g/mol. The van der Waals surface area contributed by atoms with Crippen molar-refractivity contribution < 1.29 is 18.7 Å². The van der Waals surface area contributed by atoms with Crippen LogP contribution in [0.5, 0.6) is 0 Å². The number of carboxylic acid groups (broad SMARTS) is 1. The van der Waals surface area contributed by atoms with Gasteiger partial charge in [0.1, 0.15) is 29.2 Å². The monoisotopic (exact) mass is 426 g/mol. The zero-order valence-electron chi connectivity index (χ0n) is 16.6. The molecule has 1 spiro atoms. The second-order valence-electron chi connectivity index (χ2n) is 9.60. The van der Waals surface area contributed by atoms with E-state index in [0.29, 0.717) is 19.0 Å². The number of fused-ring (bicyclic) bond motifs is 1. The van der Waals surface area contributed by atoms with Crippen molar-refractivity contribution in [2.75, 3.05) is 18.0 Å². The van der Waals surface area contributed by atoms with Gasteiger partial charge in [-0.3, -0.25) is 4.79 Å². The molecule has 0 amide bonds. The minimum Gasteiger partial charge on any atom is -0.477 e. The van der Waals surface area contributed by atoms with Crippen LogP contribution in [0, 0.1) is 28.5 Å². The van der Waals surface area contributed by atoms with Gasteiger partial charge in [-0.25, -0.2) is 13.6 Å². The third-order valence-electron chi connectivity index (χ3n) is 8.05. The second kappa shape index (κ2) is 5.62. The normalized spacial score (nSPS) is 35.0. The van der Waals surface area contributed by atoms with Crippen molar-refractivity contribution in [1.29, 1.82) is 5.26 Å². The first-order valence-corrected chi connectivity index (χ1v) is 10.4. The first kappa shape index (κ1) is 18.8. The number of aromatic nitrogens is 1. The van der Waals surface area contributed by atoms with Gasteiger partial charge >= 0.3 is 5.97 Å². The van der Waals surface area contributed by atoms with Crippen molar-refractivity contribution in [3.63, 3.8) is 0 Å². The maximum atomic E-state index is 15.4. The summed E-state index contributed by atoms with van der Waals surface area (Å²) >= 11 is 0. The Morgan fingerprint density at radius 3 is 2.71 bits per heavy atom. The number of carbonyl (C=O) groups is 1. The van der Waals surface area contributed by atoms with Crippen LogP contribution in [-0.4, -0.2) is 40.4 Å². The zero-order valence-corrected chi connectivity index (χ0v) is 16.6. The molecular formula is C22H20F2N4O3. The number of hydrogen-bond donors (Lipinski definition) is 2. The van der Waals surface area contributed by atoms with Crippen LogP contribution in [0.4, 0.5) is 14.5 Å². The molecule has 3 unspecified atom stereocenters. The fourth-order valence-corrected chi connectivity index (χ4v) is 6.28. The molecule has 5 atom stereocenters. The predicted octanol–water partition coefficient (Wildman–Crippen LogP) is 2.31. The molecule has 3 saturated carbocycles. The number of anilines is 1. The Kier molecular flexibility index (Phi) is 3.40. The molecule has 4 aliphatic rings. The Hall–Kier alpha value is -2.99. The number of rotatable bonds is 3. The largest absolute Gasteiger partial charge is 0.477 e. The third kappa shape index (κ3) is 2.23. The molecule has 2 heterocycles. The van der Waals surface area contributed by atoms with Gasteiger partial charge in [-0.2, -0.15) is 5.26 Å². The SMILES string of the molecule is N#Cc1c(N2CC3(N)CCC4CC43C2)c(F)cc2c(=O)c(C(=O)O)cn([C@@H]3C[C@@H]3F)c12.